The van der Waals surface area contributed by atoms with Crippen molar-refractivity contribution in [3.63, 3.8) is 0 Å². The molecule has 70 heavy (non-hydrogen) atoms. The number of carbonyl (C=O) groups is 1. The van der Waals surface area contributed by atoms with Crippen molar-refractivity contribution in [2.75, 3.05) is 20.2 Å². The van der Waals surface area contributed by atoms with Gasteiger partial charge in [0.25, 0.3) is 5.91 Å². The first-order chi connectivity index (χ1) is 33.4. The zero-order valence-corrected chi connectivity index (χ0v) is 42.9. The van der Waals surface area contributed by atoms with Gasteiger partial charge in [-0.05, 0) is 121 Å². The second-order valence-electron chi connectivity index (χ2n) is 18.0. The highest BCUT2D eigenvalue weighted by molar-refractivity contribution is 5.78. The first-order valence-corrected chi connectivity index (χ1v) is 23.7. The van der Waals surface area contributed by atoms with Gasteiger partial charge in [0.1, 0.15) is 17.2 Å². The molecule has 0 bridgehead atoms. The topological polar surface area (TPSA) is 147 Å². The largest absolute Gasteiger partial charge is 0.507 e. The monoisotopic (exact) mass is 936 g/mol. The number of nitrogens with zero attached hydrogens (tertiary/aromatic N) is 7. The van der Waals surface area contributed by atoms with Gasteiger partial charge >= 0.3 is 0 Å². The zero-order valence-electron chi connectivity index (χ0n) is 42.9. The molecular formula is C59H65N7O4. The molecule has 0 aliphatic carbocycles. The van der Waals surface area contributed by atoms with Gasteiger partial charge in [0.05, 0.1) is 11.1 Å². The molecule has 0 aliphatic rings. The Balaban J connectivity index is 0.000000221. The van der Waals surface area contributed by atoms with Crippen LogP contribution in [0.25, 0.3) is 68.3 Å². The van der Waals surface area contributed by atoms with Crippen molar-refractivity contribution in [1.29, 1.82) is 0 Å². The van der Waals surface area contributed by atoms with Crippen LogP contribution in [-0.4, -0.2) is 71.1 Å². The van der Waals surface area contributed by atoms with Gasteiger partial charge in [-0.15, -0.1) is 0 Å². The molecule has 0 saturated carbocycles. The average molecular weight is 936 g/mol. The maximum atomic E-state index is 12.1. The highest BCUT2D eigenvalue weighted by Crippen LogP contribution is 2.35. The van der Waals surface area contributed by atoms with Gasteiger partial charge in [0, 0.05) is 41.9 Å². The lowest BCUT2D eigenvalue weighted by molar-refractivity contribution is -0.131. The number of amides is 1. The Morgan fingerprint density at radius 1 is 0.429 bits per heavy atom. The SMILES string of the molecule is CCC.CCN(C)C(=O)COc1ccc(-c2nc(-c3ccc(C)cc3C)nc(-c3ccc(C)cc3C)n2)c(O)c1.Cc1ccc(-c2nc(-c3ccc(C)cc3C)nc(-c3ccc(C)cc3O)n2)c(C)c1. The molecule has 8 rings (SSSR count). The zero-order chi connectivity index (χ0) is 50.8. The van der Waals surface area contributed by atoms with Crippen LogP contribution in [-0.2, 0) is 4.79 Å². The molecule has 0 radical (unpaired) electrons. The van der Waals surface area contributed by atoms with E-state index >= 15 is 0 Å². The summed E-state index contributed by atoms with van der Waals surface area (Å²) >= 11 is 0. The van der Waals surface area contributed by atoms with Crippen LogP contribution in [0.2, 0.25) is 0 Å². The summed E-state index contributed by atoms with van der Waals surface area (Å²) in [6, 6.07) is 35.2. The van der Waals surface area contributed by atoms with E-state index in [9.17, 15) is 15.0 Å². The van der Waals surface area contributed by atoms with Crippen molar-refractivity contribution in [3.8, 4) is 85.6 Å². The standard InChI is InChI=1S/C30H32N4O3.C26H25N3O.C3H8/c1-7-34(6)27(36)17-37-22-10-13-25(26(35)16-22)30-32-28(23-11-8-18(2)14-20(23)4)31-29(33-30)24-12-9-19(3)15-21(24)5;1-15-6-9-20(18(4)12-15)24-27-25(21-10-7-16(2)13-19(21)5)29-26(28-24)22-11-8-17(3)14-23(22)30;1-3-2/h8-16,35H,7,17H2,1-6H3;6-14,30H,1-5H3;3H2,1-2H3. The number of rotatable bonds is 10. The minimum atomic E-state index is -0.139. The molecule has 0 atom stereocenters. The van der Waals surface area contributed by atoms with Crippen molar-refractivity contribution in [1.82, 2.24) is 34.8 Å². The summed E-state index contributed by atoms with van der Waals surface area (Å²) in [6.07, 6.45) is 1.25. The fourth-order valence-corrected chi connectivity index (χ4v) is 7.79. The molecule has 0 spiro atoms. The summed E-state index contributed by atoms with van der Waals surface area (Å²) < 4.78 is 5.60. The second kappa shape index (κ2) is 23.0. The summed E-state index contributed by atoms with van der Waals surface area (Å²) in [6.45, 7) is 25.0. The van der Waals surface area contributed by atoms with Crippen LogP contribution in [0.3, 0.4) is 0 Å². The smallest absolute Gasteiger partial charge is 0.260 e. The Labute approximate surface area is 413 Å². The number of ether oxygens (including phenoxy) is 1. The van der Waals surface area contributed by atoms with E-state index in [2.05, 4.69) is 77.9 Å². The predicted molar refractivity (Wildman–Crippen MR) is 283 cm³/mol. The summed E-state index contributed by atoms with van der Waals surface area (Å²) in [5, 5.41) is 21.4. The Bertz CT molecular complexity index is 2930. The van der Waals surface area contributed by atoms with Crippen LogP contribution in [0, 0.1) is 62.3 Å². The van der Waals surface area contributed by atoms with Crippen LogP contribution in [0.15, 0.2) is 109 Å². The molecule has 1 amide bonds. The van der Waals surface area contributed by atoms with E-state index in [1.54, 1.807) is 30.1 Å². The fraction of sp³-hybridized carbons (Fsp3) is 0.271. The first-order valence-electron chi connectivity index (χ1n) is 23.7. The van der Waals surface area contributed by atoms with Crippen LogP contribution in [0.1, 0.15) is 77.3 Å². The van der Waals surface area contributed by atoms with Crippen molar-refractivity contribution in [2.24, 2.45) is 0 Å². The molecule has 2 aromatic heterocycles. The van der Waals surface area contributed by atoms with Crippen LogP contribution >= 0.6 is 0 Å². The molecule has 0 unspecified atom stereocenters. The third-order valence-electron chi connectivity index (χ3n) is 11.6. The van der Waals surface area contributed by atoms with Gasteiger partial charge in [-0.2, -0.15) is 0 Å². The van der Waals surface area contributed by atoms with Gasteiger partial charge in [0.15, 0.2) is 41.6 Å². The average Bonchev–Trinajstić information content (AvgIpc) is 3.30. The number of aromatic hydroxyl groups is 2. The maximum Gasteiger partial charge on any atom is 0.260 e. The molecule has 2 N–H and O–H groups in total. The lowest BCUT2D eigenvalue weighted by Crippen LogP contribution is -2.31. The maximum absolute atomic E-state index is 12.1. The van der Waals surface area contributed by atoms with E-state index in [4.69, 9.17) is 34.6 Å². The molecule has 11 heteroatoms. The van der Waals surface area contributed by atoms with Gasteiger partial charge in [-0.25, -0.2) is 29.9 Å². The minimum Gasteiger partial charge on any atom is -0.507 e. The lowest BCUT2D eigenvalue weighted by Gasteiger charge is -2.15. The molecule has 11 nitrogen and oxygen atoms in total. The summed E-state index contributed by atoms with van der Waals surface area (Å²) in [5.74, 6) is 3.46. The van der Waals surface area contributed by atoms with Crippen molar-refractivity contribution < 1.29 is 19.7 Å². The molecule has 0 fully saturated rings. The Morgan fingerprint density at radius 3 is 0.986 bits per heavy atom. The number of aromatic nitrogens is 6. The van der Waals surface area contributed by atoms with E-state index in [0.717, 1.165) is 61.2 Å². The lowest BCUT2D eigenvalue weighted by atomic mass is 10.0. The number of phenols is 2. The molecular weight excluding hydrogens is 871 g/mol. The van der Waals surface area contributed by atoms with Crippen molar-refractivity contribution >= 4 is 5.91 Å². The van der Waals surface area contributed by atoms with Gasteiger partial charge < -0.3 is 19.8 Å². The van der Waals surface area contributed by atoms with Crippen LogP contribution < -0.4 is 4.74 Å². The molecule has 0 saturated heterocycles. The number of hydrogen-bond acceptors (Lipinski definition) is 10. The number of aryl methyl sites for hydroxylation is 9. The fourth-order valence-electron chi connectivity index (χ4n) is 7.79. The molecule has 2 heterocycles. The summed E-state index contributed by atoms with van der Waals surface area (Å²) in [4.78, 5) is 42.3. The Hall–Kier alpha value is -7.79. The molecule has 360 valence electrons. The normalized spacial score (nSPS) is 10.7. The van der Waals surface area contributed by atoms with Gasteiger partial charge in [-0.1, -0.05) is 121 Å². The van der Waals surface area contributed by atoms with E-state index in [1.165, 1.54) is 23.6 Å². The molecule has 0 aliphatic heterocycles. The highest BCUT2D eigenvalue weighted by Gasteiger charge is 2.20. The second-order valence-corrected chi connectivity index (χ2v) is 18.0. The van der Waals surface area contributed by atoms with Crippen LogP contribution in [0.4, 0.5) is 0 Å². The van der Waals surface area contributed by atoms with E-state index in [-0.39, 0.29) is 24.0 Å². The van der Waals surface area contributed by atoms with Gasteiger partial charge in [0.2, 0.25) is 0 Å². The Kier molecular flexibility index (Phi) is 17.0. The minimum absolute atomic E-state index is 0.0434. The number of carbonyl (C=O) groups excluding carboxylic acids is 1. The number of phenolic OH excluding ortho intramolecular Hbond substituents is 2. The van der Waals surface area contributed by atoms with E-state index in [0.29, 0.717) is 58.4 Å². The number of benzene rings is 6. The van der Waals surface area contributed by atoms with Crippen molar-refractivity contribution in [2.45, 2.75) is 89.5 Å². The summed E-state index contributed by atoms with van der Waals surface area (Å²) in [5.41, 5.74) is 14.8. The molecule has 8 aromatic rings. The third kappa shape index (κ3) is 12.6. The van der Waals surface area contributed by atoms with Gasteiger partial charge in [-0.3, -0.25) is 4.79 Å². The highest BCUT2D eigenvalue weighted by atomic mass is 16.5. The first kappa shape index (κ1) is 51.6. The summed E-state index contributed by atoms with van der Waals surface area (Å²) in [7, 11) is 1.72. The van der Waals surface area contributed by atoms with E-state index in [1.807, 2.05) is 90.1 Å². The molecule has 6 aromatic carbocycles. The van der Waals surface area contributed by atoms with Crippen molar-refractivity contribution in [3.05, 3.63) is 159 Å². The van der Waals surface area contributed by atoms with Crippen LogP contribution in [0.5, 0.6) is 17.2 Å². The number of hydrogen-bond donors (Lipinski definition) is 2. The predicted octanol–water partition coefficient (Wildman–Crippen LogP) is 13.2. The third-order valence-corrected chi connectivity index (χ3v) is 11.6. The van der Waals surface area contributed by atoms with E-state index < -0.39 is 0 Å². The quantitative estimate of drug-likeness (QED) is 0.136. The Morgan fingerprint density at radius 2 is 0.700 bits per heavy atom. The number of likely N-dealkylation sites (N-methyl/N-ethyl adjacent to an activating group) is 1.